The molecule has 2 aliphatic rings. The summed E-state index contributed by atoms with van der Waals surface area (Å²) >= 11 is 0. The third-order valence-electron chi connectivity index (χ3n) is 5.33. The Morgan fingerprint density at radius 1 is 1.17 bits per heavy atom. The summed E-state index contributed by atoms with van der Waals surface area (Å²) in [6.07, 6.45) is 0. The lowest BCUT2D eigenvalue weighted by molar-refractivity contribution is -0.384. The average molecular weight is 442 g/mol. The number of amides is 1. The highest BCUT2D eigenvalue weighted by molar-refractivity contribution is 7.89. The number of carbonyl (C=O) groups is 1. The second-order valence-electron chi connectivity index (χ2n) is 7.45. The minimum Gasteiger partial charge on any atom is -0.378 e. The number of ether oxygens (including phenoxy) is 1. The van der Waals surface area contributed by atoms with Crippen LogP contribution in [0, 0.1) is 10.1 Å². The Labute approximate surface area is 175 Å². The van der Waals surface area contributed by atoms with E-state index >= 15 is 0 Å². The van der Waals surface area contributed by atoms with E-state index < -0.39 is 21.0 Å². The molecule has 0 unspecified atom stereocenters. The van der Waals surface area contributed by atoms with Crippen molar-refractivity contribution in [2.24, 2.45) is 0 Å². The van der Waals surface area contributed by atoms with Gasteiger partial charge in [0.15, 0.2) is 0 Å². The molecule has 2 fully saturated rings. The molecule has 0 radical (unpaired) electrons. The van der Waals surface area contributed by atoms with Crippen LogP contribution in [0.4, 0.5) is 11.4 Å². The van der Waals surface area contributed by atoms with Gasteiger partial charge in [-0.05, 0) is 26.1 Å². The minimum absolute atomic E-state index is 0.103. The number of hydrogen-bond acceptors (Lipinski definition) is 8. The summed E-state index contributed by atoms with van der Waals surface area (Å²) in [7, 11) is -1.92. The highest BCUT2D eigenvalue weighted by Crippen LogP contribution is 2.30. The van der Waals surface area contributed by atoms with Gasteiger partial charge in [-0.2, -0.15) is 4.31 Å². The average Bonchev–Trinajstić information content (AvgIpc) is 2.74. The molecule has 0 aliphatic carbocycles. The van der Waals surface area contributed by atoms with Crippen LogP contribution in [0.2, 0.25) is 0 Å². The van der Waals surface area contributed by atoms with Crippen molar-refractivity contribution in [3.8, 4) is 0 Å². The molecule has 3 rings (SSSR count). The van der Waals surface area contributed by atoms with Crippen LogP contribution < -0.4 is 5.32 Å². The first-order valence-corrected chi connectivity index (χ1v) is 11.2. The second-order valence-corrected chi connectivity index (χ2v) is 9.39. The van der Waals surface area contributed by atoms with Crippen molar-refractivity contribution in [3.05, 3.63) is 28.3 Å². The Hall–Kier alpha value is -2.28. The Kier molecular flexibility index (Phi) is 6.91. The number of anilines is 1. The standard InChI is InChI=1S/C18H27N5O6S/c1-14(18(24)21-9-11-29-12-10-21)19-16-4-3-15(13-17(16)23(25)26)30(27,28)22-7-5-20(2)6-8-22/h3-4,13-14,19H,5-12H2,1-2H3/t14-/m0/s1. The molecule has 166 valence electrons. The quantitative estimate of drug-likeness (QED) is 0.490. The Morgan fingerprint density at radius 3 is 2.40 bits per heavy atom. The number of hydrogen-bond donors (Lipinski definition) is 1. The zero-order valence-corrected chi connectivity index (χ0v) is 17.9. The van der Waals surface area contributed by atoms with E-state index in [0.29, 0.717) is 52.5 Å². The lowest BCUT2D eigenvalue weighted by atomic mass is 10.2. The third kappa shape index (κ3) is 4.89. The van der Waals surface area contributed by atoms with E-state index in [4.69, 9.17) is 4.74 Å². The molecule has 0 saturated carbocycles. The molecule has 1 atom stereocenters. The van der Waals surface area contributed by atoms with Crippen LogP contribution in [-0.2, 0) is 19.6 Å². The van der Waals surface area contributed by atoms with Gasteiger partial charge >= 0.3 is 0 Å². The van der Waals surface area contributed by atoms with E-state index in [2.05, 4.69) is 5.32 Å². The number of carbonyl (C=O) groups excluding carboxylic acids is 1. The lowest BCUT2D eigenvalue weighted by Crippen LogP contribution is -2.47. The van der Waals surface area contributed by atoms with Gasteiger partial charge in [0, 0.05) is 45.3 Å². The van der Waals surface area contributed by atoms with E-state index in [9.17, 15) is 23.3 Å². The van der Waals surface area contributed by atoms with Crippen molar-refractivity contribution in [2.75, 3.05) is 64.8 Å². The van der Waals surface area contributed by atoms with Gasteiger partial charge in [-0.1, -0.05) is 0 Å². The molecule has 1 aromatic carbocycles. The molecule has 12 heteroatoms. The number of morpholine rings is 1. The smallest absolute Gasteiger partial charge is 0.293 e. The number of likely N-dealkylation sites (N-methyl/N-ethyl adjacent to an activating group) is 1. The Balaban J connectivity index is 1.79. The van der Waals surface area contributed by atoms with Crippen molar-refractivity contribution in [1.29, 1.82) is 0 Å². The number of rotatable bonds is 6. The summed E-state index contributed by atoms with van der Waals surface area (Å²) in [5.74, 6) is -0.193. The SMILES string of the molecule is C[C@H](Nc1ccc(S(=O)(=O)N2CCN(C)CC2)cc1[N+](=O)[O-])C(=O)N1CCOCC1. The Morgan fingerprint density at radius 2 is 1.80 bits per heavy atom. The van der Waals surface area contributed by atoms with Gasteiger partial charge in [-0.25, -0.2) is 8.42 Å². The van der Waals surface area contributed by atoms with E-state index in [1.54, 1.807) is 11.8 Å². The van der Waals surface area contributed by atoms with E-state index in [-0.39, 0.29) is 22.2 Å². The molecule has 2 heterocycles. The molecule has 2 saturated heterocycles. The normalized spacial score (nSPS) is 20.0. The first kappa shape index (κ1) is 22.4. The number of piperazine rings is 1. The van der Waals surface area contributed by atoms with Crippen molar-refractivity contribution in [2.45, 2.75) is 17.9 Å². The molecule has 0 aromatic heterocycles. The molecule has 0 bridgehead atoms. The summed E-state index contributed by atoms with van der Waals surface area (Å²) in [4.78, 5) is 27.1. The van der Waals surface area contributed by atoms with Crippen LogP contribution in [0.5, 0.6) is 0 Å². The fourth-order valence-electron chi connectivity index (χ4n) is 3.48. The van der Waals surface area contributed by atoms with Gasteiger partial charge in [-0.3, -0.25) is 14.9 Å². The second kappa shape index (κ2) is 9.25. The molecular weight excluding hydrogens is 414 g/mol. The number of nitrogens with zero attached hydrogens (tertiary/aromatic N) is 4. The van der Waals surface area contributed by atoms with Crippen molar-refractivity contribution < 1.29 is 22.9 Å². The van der Waals surface area contributed by atoms with Crippen molar-refractivity contribution in [3.63, 3.8) is 0 Å². The molecule has 30 heavy (non-hydrogen) atoms. The molecule has 0 spiro atoms. The number of sulfonamides is 1. The summed E-state index contributed by atoms with van der Waals surface area (Å²) in [5.41, 5.74) is -0.279. The zero-order chi connectivity index (χ0) is 21.9. The summed E-state index contributed by atoms with van der Waals surface area (Å²) < 4.78 is 32.4. The highest BCUT2D eigenvalue weighted by atomic mass is 32.2. The van der Waals surface area contributed by atoms with Crippen LogP contribution in [0.15, 0.2) is 23.1 Å². The van der Waals surface area contributed by atoms with Crippen molar-refractivity contribution in [1.82, 2.24) is 14.1 Å². The van der Waals surface area contributed by atoms with Crippen LogP contribution in [0.1, 0.15) is 6.92 Å². The first-order chi connectivity index (χ1) is 14.2. The first-order valence-electron chi connectivity index (χ1n) is 9.80. The molecule has 1 aromatic rings. The van der Waals surface area contributed by atoms with Crippen molar-refractivity contribution >= 4 is 27.3 Å². The molecule has 1 N–H and O–H groups in total. The van der Waals surface area contributed by atoms with Gasteiger partial charge in [0.05, 0.1) is 23.0 Å². The molecule has 11 nitrogen and oxygen atoms in total. The van der Waals surface area contributed by atoms with E-state index in [0.717, 1.165) is 6.07 Å². The monoisotopic (exact) mass is 441 g/mol. The topological polar surface area (TPSA) is 125 Å². The minimum atomic E-state index is -3.83. The predicted molar refractivity (Wildman–Crippen MR) is 110 cm³/mol. The fraction of sp³-hybridized carbons (Fsp3) is 0.611. The molecule has 1 amide bonds. The van der Waals surface area contributed by atoms with E-state index in [1.165, 1.54) is 16.4 Å². The zero-order valence-electron chi connectivity index (χ0n) is 17.1. The predicted octanol–water partition coefficient (Wildman–Crippen LogP) is 0.190. The maximum Gasteiger partial charge on any atom is 0.293 e. The number of benzene rings is 1. The number of nitro groups is 1. The van der Waals surface area contributed by atoms with Gasteiger partial charge in [-0.15, -0.1) is 0 Å². The third-order valence-corrected chi connectivity index (χ3v) is 7.23. The molecular formula is C18H27N5O6S. The maximum absolute atomic E-state index is 12.9. The maximum atomic E-state index is 12.9. The molecule has 2 aliphatic heterocycles. The van der Waals surface area contributed by atoms with E-state index in [1.807, 2.05) is 11.9 Å². The summed E-state index contributed by atoms with van der Waals surface area (Å²) in [5, 5.41) is 14.5. The van der Waals surface area contributed by atoms with Gasteiger partial charge < -0.3 is 19.9 Å². The Bertz CT molecular complexity index is 894. The van der Waals surface area contributed by atoms with Crippen LogP contribution >= 0.6 is 0 Å². The summed E-state index contributed by atoms with van der Waals surface area (Å²) in [6.45, 7) is 5.33. The van der Waals surface area contributed by atoms with Crippen LogP contribution in [0.3, 0.4) is 0 Å². The van der Waals surface area contributed by atoms with Gasteiger partial charge in [0.1, 0.15) is 11.7 Å². The number of nitrogens with one attached hydrogen (secondary N) is 1. The summed E-state index contributed by atoms with van der Waals surface area (Å²) in [6, 6.07) is 3.04. The van der Waals surface area contributed by atoms with Crippen LogP contribution in [-0.4, -0.2) is 98.9 Å². The van der Waals surface area contributed by atoms with Gasteiger partial charge in [0.25, 0.3) is 5.69 Å². The van der Waals surface area contributed by atoms with Crippen LogP contribution in [0.25, 0.3) is 0 Å². The highest BCUT2D eigenvalue weighted by Gasteiger charge is 2.30. The lowest BCUT2D eigenvalue weighted by Gasteiger charge is -2.31. The van der Waals surface area contributed by atoms with Gasteiger partial charge in [0.2, 0.25) is 15.9 Å². The fourth-order valence-corrected chi connectivity index (χ4v) is 4.92. The number of nitro benzene ring substituents is 1. The largest absolute Gasteiger partial charge is 0.378 e.